The number of thiophene rings is 1. The van der Waals surface area contributed by atoms with Crippen molar-refractivity contribution in [2.45, 2.75) is 44.3 Å². The molecule has 5 heterocycles. The summed E-state index contributed by atoms with van der Waals surface area (Å²) in [6.07, 6.45) is -4.71. The largest absolute Gasteiger partial charge is 0.490 e. The highest BCUT2D eigenvalue weighted by molar-refractivity contribution is 7.71. The van der Waals surface area contributed by atoms with Gasteiger partial charge in [0, 0.05) is 4.88 Å². The fraction of sp³-hybridized carbons (Fsp3) is 0.444. The summed E-state index contributed by atoms with van der Waals surface area (Å²) in [5.74, 6) is -0.668. The number of aryl methyl sites for hydroxylation is 1. The van der Waals surface area contributed by atoms with Gasteiger partial charge in [-0.1, -0.05) is 12.2 Å². The van der Waals surface area contributed by atoms with Crippen LogP contribution in [0.5, 0.6) is 0 Å². The van der Waals surface area contributed by atoms with E-state index in [1.165, 1.54) is 22.2 Å². The van der Waals surface area contributed by atoms with Crippen molar-refractivity contribution in [3.63, 3.8) is 0 Å². The Bertz CT molecular complexity index is 1740. The minimum absolute atomic E-state index is 0.0391. The van der Waals surface area contributed by atoms with Crippen molar-refractivity contribution in [2.24, 2.45) is 0 Å². The third kappa shape index (κ3) is 7.47. The molecule has 0 saturated carbocycles. The molecule has 2 aliphatic heterocycles. The Morgan fingerprint density at radius 2 is 1.91 bits per heavy atom. The van der Waals surface area contributed by atoms with Crippen LogP contribution in [0.15, 0.2) is 17.8 Å². The molecule has 43 heavy (non-hydrogen) atoms. The molecule has 7 atom stereocenters. The molecule has 3 aromatic heterocycles. The highest BCUT2D eigenvalue weighted by Gasteiger charge is 2.56. The van der Waals surface area contributed by atoms with E-state index in [9.17, 15) is 28.3 Å². The molecular formula is C18H23N6O14P3S2. The molecule has 236 valence electrons. The van der Waals surface area contributed by atoms with Crippen molar-refractivity contribution in [3.05, 3.63) is 32.9 Å². The maximum Gasteiger partial charge on any atom is 0.490 e. The number of H-pyrrole nitrogens is 1. The first-order chi connectivity index (χ1) is 20.0. The summed E-state index contributed by atoms with van der Waals surface area (Å²) in [6, 6.07) is 1.90. The van der Waals surface area contributed by atoms with Crippen molar-refractivity contribution in [3.8, 4) is 0 Å². The van der Waals surface area contributed by atoms with Crippen molar-refractivity contribution in [1.82, 2.24) is 24.8 Å². The fourth-order valence-corrected chi connectivity index (χ4v) is 8.39. The van der Waals surface area contributed by atoms with Gasteiger partial charge >= 0.3 is 23.5 Å². The summed E-state index contributed by atoms with van der Waals surface area (Å²) in [5.41, 5.74) is 7.29. The molecule has 2 fully saturated rings. The maximum absolute atomic E-state index is 12.9. The molecule has 0 spiro atoms. The van der Waals surface area contributed by atoms with Gasteiger partial charge in [-0.3, -0.25) is 13.9 Å². The van der Waals surface area contributed by atoms with E-state index >= 15 is 0 Å². The van der Waals surface area contributed by atoms with E-state index in [0.29, 0.717) is 0 Å². The molecule has 8 N–H and O–H groups in total. The van der Waals surface area contributed by atoms with Gasteiger partial charge in [0.1, 0.15) is 29.5 Å². The molecule has 20 nitrogen and oxygen atoms in total. The molecule has 5 rings (SSSR count). The highest BCUT2D eigenvalue weighted by atomic mass is 32.1. The first kappa shape index (κ1) is 32.4. The van der Waals surface area contributed by atoms with E-state index in [1.807, 2.05) is 18.4 Å². The number of nitrogens with two attached hydrogens (primary N) is 1. The van der Waals surface area contributed by atoms with Gasteiger partial charge < -0.3 is 49.8 Å². The molecule has 0 bridgehead atoms. The van der Waals surface area contributed by atoms with E-state index in [0.717, 1.165) is 10.4 Å². The van der Waals surface area contributed by atoms with Crippen LogP contribution in [0.2, 0.25) is 0 Å². The van der Waals surface area contributed by atoms with Crippen LogP contribution in [0.4, 0.5) is 5.95 Å². The smallest absolute Gasteiger partial charge is 0.369 e. The minimum Gasteiger partial charge on any atom is -0.369 e. The molecule has 3 aromatic rings. The Labute approximate surface area is 249 Å². The van der Waals surface area contributed by atoms with E-state index in [1.54, 1.807) is 0 Å². The van der Waals surface area contributed by atoms with Crippen molar-refractivity contribution in [1.29, 1.82) is 0 Å². The van der Waals surface area contributed by atoms with Crippen LogP contribution < -0.4 is 11.1 Å². The second-order valence-electron chi connectivity index (χ2n) is 9.01. The van der Waals surface area contributed by atoms with Crippen LogP contribution >= 0.6 is 47.0 Å². The summed E-state index contributed by atoms with van der Waals surface area (Å²) in [7, 11) is -16.8. The number of imidazole rings is 1. The number of ether oxygens (including phenoxy) is 3. The van der Waals surface area contributed by atoms with Gasteiger partial charge in [0.25, 0.3) is 5.91 Å². The summed E-state index contributed by atoms with van der Waals surface area (Å²) >= 11 is 6.64. The number of carbonyl (C=O) groups is 1. The lowest BCUT2D eigenvalue weighted by Gasteiger charge is -2.22. The first-order valence-corrected chi connectivity index (χ1v) is 17.6. The molecule has 0 aromatic carbocycles. The van der Waals surface area contributed by atoms with Crippen LogP contribution in [0.25, 0.3) is 11.2 Å². The maximum atomic E-state index is 12.9. The Morgan fingerprint density at radius 1 is 1.19 bits per heavy atom. The van der Waals surface area contributed by atoms with Crippen LogP contribution in [0.3, 0.4) is 0 Å². The zero-order chi connectivity index (χ0) is 31.3. The van der Waals surface area contributed by atoms with Gasteiger partial charge in [-0.05, 0) is 23.9 Å². The SMILES string of the molecule is Cc1ccsc1CNC(=O)C1O[C@@H]2[C@H](O1)[C@@H](COP(=O)(O)OP(=O)(O)OP(=O)(O)O)O[C@H]2n1cnc2c(=S)nc(N)[nH]c21. The lowest BCUT2D eigenvalue weighted by molar-refractivity contribution is -0.171. The lowest BCUT2D eigenvalue weighted by Crippen LogP contribution is -2.37. The highest BCUT2D eigenvalue weighted by Crippen LogP contribution is 2.66. The number of aromatic amines is 1. The Hall–Kier alpha value is -1.97. The summed E-state index contributed by atoms with van der Waals surface area (Å²) in [6.45, 7) is 1.23. The Balaban J connectivity index is 1.36. The molecule has 1 amide bonds. The molecular weight excluding hydrogens is 681 g/mol. The van der Waals surface area contributed by atoms with Crippen LogP contribution in [0, 0.1) is 11.6 Å². The van der Waals surface area contributed by atoms with Crippen LogP contribution in [-0.4, -0.2) is 76.2 Å². The predicted octanol–water partition coefficient (Wildman–Crippen LogP) is 1.11. The number of hydrogen-bond acceptors (Lipinski definition) is 15. The number of phosphoric ester groups is 1. The van der Waals surface area contributed by atoms with Gasteiger partial charge in [-0.25, -0.2) is 23.7 Å². The normalized spacial score (nSPS) is 26.7. The second-order valence-corrected chi connectivity index (χ2v) is 14.8. The standard InChI is InChI=1S/C18H23N6O14P3S2/c1-7-2-3-43-9(7)4-20-14(25)17-35-11-8(5-33-40(29,30)38-41(31,32)37-39(26,27)28)34-16(12(11)36-17)24-6-21-10-13(24)22-18(19)23-15(10)42/h2-3,6,8,11-12,16-17H,4-5H2,1H3,(H,20,25)(H,29,30)(H,31,32)(H2,26,27,28)(H3,19,22,23,42)/t8-,11-,12-,16-,17?/m1/s1. The number of hydrogen-bond donors (Lipinski definition) is 7. The van der Waals surface area contributed by atoms with Gasteiger partial charge in [0.15, 0.2) is 16.8 Å². The number of aromatic nitrogens is 4. The van der Waals surface area contributed by atoms with Gasteiger partial charge in [-0.15, -0.1) is 11.3 Å². The number of fused-ring (bicyclic) bond motifs is 2. The molecule has 3 unspecified atom stereocenters. The third-order valence-corrected chi connectivity index (χ3v) is 11.1. The van der Waals surface area contributed by atoms with Gasteiger partial charge in [0.2, 0.25) is 6.29 Å². The Morgan fingerprint density at radius 3 is 2.58 bits per heavy atom. The summed E-state index contributed by atoms with van der Waals surface area (Å²) < 4.78 is 66.3. The van der Waals surface area contributed by atoms with Crippen LogP contribution in [-0.2, 0) is 52.4 Å². The monoisotopic (exact) mass is 704 g/mol. The number of amides is 1. The number of phosphoric acid groups is 3. The zero-order valence-corrected chi connectivity index (χ0v) is 25.8. The summed E-state index contributed by atoms with van der Waals surface area (Å²) in [5, 5.41) is 4.58. The average Bonchev–Trinajstić information content (AvgIpc) is 3.63. The number of carbonyl (C=O) groups excluding carboxylic acids is 1. The quantitative estimate of drug-likeness (QED) is 0.109. The Kier molecular flexibility index (Phi) is 9.11. The molecule has 0 aliphatic carbocycles. The molecule has 2 saturated heterocycles. The number of nitrogens with zero attached hydrogens (tertiary/aromatic N) is 3. The number of rotatable bonds is 11. The zero-order valence-electron chi connectivity index (χ0n) is 21.5. The summed E-state index contributed by atoms with van der Waals surface area (Å²) in [4.78, 5) is 61.6. The third-order valence-electron chi connectivity index (χ3n) is 6.01. The van der Waals surface area contributed by atoms with Crippen LogP contribution in [0.1, 0.15) is 16.7 Å². The molecule has 0 radical (unpaired) electrons. The lowest BCUT2D eigenvalue weighted by atomic mass is 10.1. The van der Waals surface area contributed by atoms with E-state index in [2.05, 4.69) is 28.9 Å². The minimum atomic E-state index is -5.76. The van der Waals surface area contributed by atoms with Crippen molar-refractivity contribution in [2.75, 3.05) is 12.3 Å². The average molecular weight is 704 g/mol. The predicted molar refractivity (Wildman–Crippen MR) is 145 cm³/mol. The fourth-order valence-electron chi connectivity index (χ4n) is 4.27. The van der Waals surface area contributed by atoms with Gasteiger partial charge in [-0.2, -0.15) is 8.62 Å². The van der Waals surface area contributed by atoms with Crippen molar-refractivity contribution < 1.29 is 65.4 Å². The number of nitrogen functional groups attached to an aromatic ring is 1. The topological polar surface area (TPSA) is 289 Å². The number of nitrogens with one attached hydrogen (secondary N) is 2. The van der Waals surface area contributed by atoms with E-state index < -0.39 is 66.8 Å². The molecule has 25 heteroatoms. The van der Waals surface area contributed by atoms with E-state index in [-0.39, 0.29) is 28.3 Å². The number of anilines is 1. The molecule has 2 aliphatic rings. The van der Waals surface area contributed by atoms with Crippen molar-refractivity contribution >= 4 is 70.0 Å². The van der Waals surface area contributed by atoms with E-state index in [4.69, 9.17) is 46.5 Å². The second kappa shape index (κ2) is 12.1. The first-order valence-electron chi connectivity index (χ1n) is 11.8. The van der Waals surface area contributed by atoms with Gasteiger partial charge in [0.05, 0.1) is 19.5 Å².